The molecule has 0 aliphatic carbocycles. The van der Waals surface area contributed by atoms with E-state index >= 15 is 0 Å². The van der Waals surface area contributed by atoms with Crippen molar-refractivity contribution in [2.75, 3.05) is 61.1 Å². The minimum atomic E-state index is -3.92. The number of amides is 2. The van der Waals surface area contributed by atoms with Crippen molar-refractivity contribution >= 4 is 21.8 Å². The average molecular weight is 445 g/mol. The maximum absolute atomic E-state index is 13.0. The minimum Gasteiger partial charge on any atom is -0.493 e. The van der Waals surface area contributed by atoms with Crippen LogP contribution < -0.4 is 20.1 Å². The van der Waals surface area contributed by atoms with Gasteiger partial charge in [0.1, 0.15) is 6.23 Å². The molecule has 0 aromatic heterocycles. The zero-order valence-corrected chi connectivity index (χ0v) is 18.3. The average Bonchev–Trinajstić information content (AvgIpc) is 3.20. The number of carbonyl (C=O) groups is 2. The fraction of sp³-hybridized carbons (Fsp3) is 0.556. The smallest absolute Gasteiger partial charge is 0.309 e. The lowest BCUT2D eigenvalue weighted by Crippen LogP contribution is -2.48. The molecule has 0 saturated carbocycles. The normalized spacial score (nSPS) is 17.0. The molecule has 30 heavy (non-hydrogen) atoms. The van der Waals surface area contributed by atoms with E-state index in [2.05, 4.69) is 10.6 Å². The third kappa shape index (κ3) is 5.81. The lowest BCUT2D eigenvalue weighted by molar-refractivity contribution is -0.139. The van der Waals surface area contributed by atoms with E-state index in [-0.39, 0.29) is 30.3 Å². The number of likely N-dealkylation sites (N-methyl/N-ethyl adjacent to an activating group) is 1. The Morgan fingerprint density at radius 1 is 1.17 bits per heavy atom. The zero-order valence-electron chi connectivity index (χ0n) is 17.5. The lowest BCUT2D eigenvalue weighted by Gasteiger charge is -2.23. The van der Waals surface area contributed by atoms with Crippen molar-refractivity contribution in [2.45, 2.75) is 11.1 Å². The first-order valence-corrected chi connectivity index (χ1v) is 10.7. The second kappa shape index (κ2) is 10.6. The van der Waals surface area contributed by atoms with Gasteiger partial charge in [0.15, 0.2) is 11.5 Å². The molecule has 168 valence electrons. The van der Waals surface area contributed by atoms with Crippen molar-refractivity contribution in [2.24, 2.45) is 0 Å². The van der Waals surface area contributed by atoms with Crippen molar-refractivity contribution in [1.82, 2.24) is 19.8 Å². The fourth-order valence-corrected chi connectivity index (χ4v) is 4.31. The van der Waals surface area contributed by atoms with Crippen LogP contribution in [0.2, 0.25) is 0 Å². The van der Waals surface area contributed by atoms with Gasteiger partial charge in [0.25, 0.3) is 0 Å². The van der Waals surface area contributed by atoms with Gasteiger partial charge in [0.05, 0.1) is 32.3 Å². The number of rotatable bonds is 9. The molecular weight excluding hydrogens is 416 g/mol. The molecule has 2 N–H and O–H groups in total. The van der Waals surface area contributed by atoms with Gasteiger partial charge in [0.2, 0.25) is 10.0 Å². The van der Waals surface area contributed by atoms with Crippen molar-refractivity contribution in [1.29, 1.82) is 0 Å². The van der Waals surface area contributed by atoms with Gasteiger partial charge in [-0.25, -0.2) is 8.42 Å². The van der Waals surface area contributed by atoms with Crippen LogP contribution in [0.15, 0.2) is 23.1 Å². The molecule has 1 aromatic rings. The van der Waals surface area contributed by atoms with Crippen molar-refractivity contribution < 1.29 is 32.2 Å². The maximum atomic E-state index is 13.0. The number of sulfonamides is 1. The first-order chi connectivity index (χ1) is 14.2. The quantitative estimate of drug-likeness (QED) is 0.457. The zero-order chi connectivity index (χ0) is 22.3. The van der Waals surface area contributed by atoms with Crippen molar-refractivity contribution in [3.8, 4) is 11.5 Å². The van der Waals surface area contributed by atoms with Crippen molar-refractivity contribution in [3.63, 3.8) is 0 Å². The summed E-state index contributed by atoms with van der Waals surface area (Å²) >= 11 is 0. The number of nitrogens with one attached hydrogen (secondary N) is 2. The predicted molar refractivity (Wildman–Crippen MR) is 108 cm³/mol. The molecule has 1 atom stereocenters. The minimum absolute atomic E-state index is 0.00315. The van der Waals surface area contributed by atoms with E-state index in [1.54, 1.807) is 0 Å². The molecule has 12 heteroatoms. The molecule has 2 rings (SSSR count). The Balaban J connectivity index is 2.02. The first-order valence-electron chi connectivity index (χ1n) is 9.27. The highest BCUT2D eigenvalue weighted by molar-refractivity contribution is 7.89. The summed E-state index contributed by atoms with van der Waals surface area (Å²) in [7, 11) is 2.63. The summed E-state index contributed by atoms with van der Waals surface area (Å²) in [5, 5.41) is 4.91. The molecule has 0 spiro atoms. The summed E-state index contributed by atoms with van der Waals surface area (Å²) in [5.41, 5.74) is 0. The summed E-state index contributed by atoms with van der Waals surface area (Å²) in [4.78, 5) is 25.7. The van der Waals surface area contributed by atoms with Crippen LogP contribution in [0.3, 0.4) is 0 Å². The lowest BCUT2D eigenvalue weighted by atomic mass is 10.3. The van der Waals surface area contributed by atoms with Gasteiger partial charge in [-0.05, 0) is 26.2 Å². The van der Waals surface area contributed by atoms with Crippen LogP contribution in [0.1, 0.15) is 0 Å². The van der Waals surface area contributed by atoms with Gasteiger partial charge in [-0.15, -0.1) is 0 Å². The van der Waals surface area contributed by atoms with Crippen LogP contribution in [-0.2, 0) is 24.3 Å². The molecule has 1 aromatic carbocycles. The highest BCUT2D eigenvalue weighted by atomic mass is 32.2. The first kappa shape index (κ1) is 23.9. The largest absolute Gasteiger partial charge is 0.493 e. The summed E-state index contributed by atoms with van der Waals surface area (Å²) in [6.07, 6.45) is -0.929. The molecule has 1 heterocycles. The van der Waals surface area contributed by atoms with E-state index in [0.717, 1.165) is 4.31 Å². The summed E-state index contributed by atoms with van der Waals surface area (Å²) in [5.74, 6) is -0.965. The van der Waals surface area contributed by atoms with Gasteiger partial charge >= 0.3 is 11.8 Å². The van der Waals surface area contributed by atoms with Crippen LogP contribution in [0.5, 0.6) is 11.5 Å². The van der Waals surface area contributed by atoms with Gasteiger partial charge in [-0.2, -0.15) is 4.31 Å². The molecule has 1 aliphatic rings. The van der Waals surface area contributed by atoms with Gasteiger partial charge in [0, 0.05) is 25.7 Å². The molecule has 2 amide bonds. The highest BCUT2D eigenvalue weighted by Crippen LogP contribution is 2.31. The molecule has 11 nitrogen and oxygen atoms in total. The van der Waals surface area contributed by atoms with Crippen LogP contribution >= 0.6 is 0 Å². The van der Waals surface area contributed by atoms with Crippen LogP contribution in [0, 0.1) is 0 Å². The Morgan fingerprint density at radius 3 is 2.47 bits per heavy atom. The summed E-state index contributed by atoms with van der Waals surface area (Å²) < 4.78 is 43.0. The Labute approximate surface area is 176 Å². The van der Waals surface area contributed by atoms with Crippen LogP contribution in [0.25, 0.3) is 0 Å². The number of ether oxygens (including phenoxy) is 3. The summed E-state index contributed by atoms with van der Waals surface area (Å²) in [6, 6.07) is 4.26. The standard InChI is InChI=1S/C18H28N4O7S/c1-21(2)8-7-19-17(23)18(24)20-12-16-22(9-10-29-16)30(25,26)13-5-6-14(27-3)15(11-13)28-4/h5-6,11,16H,7-10,12H2,1-4H3,(H,19,23)(H,20,24)/t16-/m0/s1. The van der Waals surface area contributed by atoms with Gasteiger partial charge < -0.3 is 29.7 Å². The SMILES string of the molecule is COc1ccc(S(=O)(=O)N2CCO[C@H]2CNC(=O)C(=O)NCCN(C)C)cc1OC. The number of hydrogen-bond donors (Lipinski definition) is 2. The molecule has 1 fully saturated rings. The van der Waals surface area contributed by atoms with Gasteiger partial charge in [-0.3, -0.25) is 9.59 Å². The van der Waals surface area contributed by atoms with Gasteiger partial charge in [-0.1, -0.05) is 0 Å². The Bertz CT molecular complexity index is 860. The molecule has 1 aliphatic heterocycles. The Hall–Kier alpha value is -2.41. The van der Waals surface area contributed by atoms with E-state index in [9.17, 15) is 18.0 Å². The molecule has 1 saturated heterocycles. The second-order valence-electron chi connectivity index (χ2n) is 6.73. The molecule has 0 unspecified atom stereocenters. The molecule has 0 radical (unpaired) electrons. The van der Waals surface area contributed by atoms with Crippen LogP contribution in [-0.4, -0.2) is 96.8 Å². The topological polar surface area (TPSA) is 127 Å². The van der Waals surface area contributed by atoms with E-state index < -0.39 is 28.1 Å². The fourth-order valence-electron chi connectivity index (χ4n) is 2.79. The van der Waals surface area contributed by atoms with Crippen LogP contribution in [0.4, 0.5) is 0 Å². The van der Waals surface area contributed by atoms with Crippen molar-refractivity contribution in [3.05, 3.63) is 18.2 Å². The number of benzene rings is 1. The monoisotopic (exact) mass is 444 g/mol. The summed E-state index contributed by atoms with van der Waals surface area (Å²) in [6.45, 7) is 1.03. The molecule has 0 bridgehead atoms. The Morgan fingerprint density at radius 2 is 1.83 bits per heavy atom. The number of methoxy groups -OCH3 is 2. The second-order valence-corrected chi connectivity index (χ2v) is 8.62. The third-order valence-electron chi connectivity index (χ3n) is 4.39. The van der Waals surface area contributed by atoms with E-state index in [1.165, 1.54) is 32.4 Å². The number of carbonyl (C=O) groups excluding carboxylic acids is 2. The van der Waals surface area contributed by atoms with E-state index in [0.29, 0.717) is 18.8 Å². The Kier molecular flexibility index (Phi) is 8.41. The van der Waals surface area contributed by atoms with E-state index in [1.807, 2.05) is 19.0 Å². The molecular formula is C18H28N4O7S. The van der Waals surface area contributed by atoms with E-state index in [4.69, 9.17) is 14.2 Å². The predicted octanol–water partition coefficient (Wildman–Crippen LogP) is -1.16. The number of hydrogen-bond acceptors (Lipinski definition) is 8. The maximum Gasteiger partial charge on any atom is 0.309 e. The third-order valence-corrected chi connectivity index (χ3v) is 6.28. The number of nitrogens with zero attached hydrogens (tertiary/aromatic N) is 2. The highest BCUT2D eigenvalue weighted by Gasteiger charge is 2.37.